The molecule has 0 saturated carbocycles. The number of rotatable bonds is 5. The minimum absolute atomic E-state index is 0.0266. The molecule has 2 aromatic rings. The molecule has 1 aromatic heterocycles. The summed E-state index contributed by atoms with van der Waals surface area (Å²) in [5.74, 6) is -0.924. The summed E-state index contributed by atoms with van der Waals surface area (Å²) < 4.78 is 5.00. The molecule has 1 heterocycles. The van der Waals surface area contributed by atoms with Crippen LogP contribution >= 0.6 is 0 Å². The lowest BCUT2D eigenvalue weighted by atomic mass is 10.2. The second-order valence-corrected chi connectivity index (χ2v) is 3.92. The van der Waals surface area contributed by atoms with E-state index >= 15 is 0 Å². The number of benzene rings is 1. The zero-order valence-corrected chi connectivity index (χ0v) is 10.3. The Kier molecular flexibility index (Phi) is 3.56. The zero-order chi connectivity index (χ0) is 14.7. The molecule has 0 aliphatic heterocycles. The standard InChI is InChI=1S/C12H12N4O4/c13-10-9(11(14)19)15-12(16-10)6-1-3-7(4-2-6)20-5-8(17)18/h1-4H,5,13H2,(H2,14,19)(H,15,16)(H,17,18). The van der Waals surface area contributed by atoms with Gasteiger partial charge in [-0.3, -0.25) is 4.79 Å². The molecule has 0 aliphatic carbocycles. The summed E-state index contributed by atoms with van der Waals surface area (Å²) in [7, 11) is 0. The second kappa shape index (κ2) is 5.31. The molecule has 0 bridgehead atoms. The van der Waals surface area contributed by atoms with Crippen molar-refractivity contribution in [2.75, 3.05) is 12.3 Å². The van der Waals surface area contributed by atoms with Crippen LogP contribution < -0.4 is 16.2 Å². The van der Waals surface area contributed by atoms with E-state index in [1.165, 1.54) is 0 Å². The summed E-state index contributed by atoms with van der Waals surface area (Å²) in [5.41, 5.74) is 11.4. The predicted octanol–water partition coefficient (Wildman–Crippen LogP) is 0.221. The number of hydrogen-bond donors (Lipinski definition) is 4. The van der Waals surface area contributed by atoms with Gasteiger partial charge in [-0.1, -0.05) is 0 Å². The van der Waals surface area contributed by atoms with Crippen LogP contribution in [-0.2, 0) is 4.79 Å². The topological polar surface area (TPSA) is 144 Å². The quantitative estimate of drug-likeness (QED) is 0.614. The third kappa shape index (κ3) is 2.86. The number of nitrogens with two attached hydrogens (primary N) is 2. The maximum absolute atomic E-state index is 11.1. The Bertz CT molecular complexity index is 648. The fourth-order valence-electron chi connectivity index (χ4n) is 1.57. The van der Waals surface area contributed by atoms with Crippen molar-refractivity contribution in [1.82, 2.24) is 9.97 Å². The fraction of sp³-hybridized carbons (Fsp3) is 0.0833. The number of carbonyl (C=O) groups is 2. The molecule has 1 amide bonds. The van der Waals surface area contributed by atoms with Crippen LogP contribution in [0.1, 0.15) is 10.5 Å². The second-order valence-electron chi connectivity index (χ2n) is 3.92. The number of aliphatic carboxylic acids is 1. The number of nitrogens with zero attached hydrogens (tertiary/aromatic N) is 1. The Morgan fingerprint density at radius 1 is 1.30 bits per heavy atom. The van der Waals surface area contributed by atoms with E-state index in [1.807, 2.05) is 0 Å². The highest BCUT2D eigenvalue weighted by molar-refractivity contribution is 5.96. The molecule has 0 fully saturated rings. The molecule has 0 spiro atoms. The predicted molar refractivity (Wildman–Crippen MR) is 70.1 cm³/mol. The lowest BCUT2D eigenvalue weighted by molar-refractivity contribution is -0.139. The number of primary amides is 1. The number of H-pyrrole nitrogens is 1. The van der Waals surface area contributed by atoms with Gasteiger partial charge in [-0.05, 0) is 24.3 Å². The van der Waals surface area contributed by atoms with E-state index in [2.05, 4.69) is 9.97 Å². The minimum atomic E-state index is -1.06. The first kappa shape index (κ1) is 13.4. The molecule has 1 aromatic carbocycles. The van der Waals surface area contributed by atoms with E-state index in [4.69, 9.17) is 21.3 Å². The summed E-state index contributed by atoms with van der Waals surface area (Å²) >= 11 is 0. The molecule has 0 atom stereocenters. The summed E-state index contributed by atoms with van der Waals surface area (Å²) in [5, 5.41) is 8.50. The molecule has 104 valence electrons. The van der Waals surface area contributed by atoms with Gasteiger partial charge in [0.05, 0.1) is 0 Å². The molecule has 0 aliphatic rings. The van der Waals surface area contributed by atoms with Gasteiger partial charge in [0.2, 0.25) is 0 Å². The molecule has 8 nitrogen and oxygen atoms in total. The summed E-state index contributed by atoms with van der Waals surface area (Å²) in [6.45, 7) is -0.418. The number of carbonyl (C=O) groups excluding carboxylic acids is 1. The van der Waals surface area contributed by atoms with E-state index in [0.717, 1.165) is 0 Å². The van der Waals surface area contributed by atoms with Crippen LogP contribution in [0.4, 0.5) is 5.82 Å². The van der Waals surface area contributed by atoms with E-state index < -0.39 is 18.5 Å². The number of nitrogens with one attached hydrogen (secondary N) is 1. The normalized spacial score (nSPS) is 10.2. The summed E-state index contributed by atoms with van der Waals surface area (Å²) in [6, 6.07) is 6.47. The van der Waals surface area contributed by atoms with Crippen molar-refractivity contribution in [3.63, 3.8) is 0 Å². The first-order chi connectivity index (χ1) is 9.47. The average molecular weight is 276 g/mol. The van der Waals surface area contributed by atoms with Gasteiger partial charge in [0.1, 0.15) is 17.3 Å². The monoisotopic (exact) mass is 276 g/mol. The van der Waals surface area contributed by atoms with Crippen LogP contribution in [-0.4, -0.2) is 33.6 Å². The molecule has 20 heavy (non-hydrogen) atoms. The highest BCUT2D eigenvalue weighted by Gasteiger charge is 2.13. The first-order valence-corrected chi connectivity index (χ1v) is 5.57. The van der Waals surface area contributed by atoms with E-state index in [-0.39, 0.29) is 11.5 Å². The molecule has 0 unspecified atom stereocenters. The Hall–Kier alpha value is -3.03. The maximum Gasteiger partial charge on any atom is 0.341 e. The number of hydrogen-bond acceptors (Lipinski definition) is 5. The SMILES string of the molecule is NC(=O)c1[nH]c(-c2ccc(OCC(=O)O)cc2)nc1N. The van der Waals surface area contributed by atoms with Crippen molar-refractivity contribution >= 4 is 17.7 Å². The van der Waals surface area contributed by atoms with Crippen molar-refractivity contribution in [3.8, 4) is 17.1 Å². The number of anilines is 1. The summed E-state index contributed by atoms with van der Waals surface area (Å²) in [4.78, 5) is 28.1. The van der Waals surface area contributed by atoms with Crippen molar-refractivity contribution in [3.05, 3.63) is 30.0 Å². The highest BCUT2D eigenvalue weighted by atomic mass is 16.5. The van der Waals surface area contributed by atoms with Crippen molar-refractivity contribution in [1.29, 1.82) is 0 Å². The lowest BCUT2D eigenvalue weighted by Crippen LogP contribution is -2.13. The smallest absolute Gasteiger partial charge is 0.341 e. The van der Waals surface area contributed by atoms with Gasteiger partial charge < -0.3 is 26.3 Å². The number of aromatic amines is 1. The third-order valence-corrected chi connectivity index (χ3v) is 2.47. The largest absolute Gasteiger partial charge is 0.482 e. The lowest BCUT2D eigenvalue weighted by Gasteiger charge is -2.03. The zero-order valence-electron chi connectivity index (χ0n) is 10.3. The van der Waals surface area contributed by atoms with Crippen LogP contribution in [0.15, 0.2) is 24.3 Å². The molecular weight excluding hydrogens is 264 g/mol. The van der Waals surface area contributed by atoms with Gasteiger partial charge in [-0.2, -0.15) is 0 Å². The number of imidazole rings is 1. The fourth-order valence-corrected chi connectivity index (χ4v) is 1.57. The first-order valence-electron chi connectivity index (χ1n) is 5.57. The Morgan fingerprint density at radius 3 is 2.45 bits per heavy atom. The maximum atomic E-state index is 11.1. The third-order valence-electron chi connectivity index (χ3n) is 2.47. The average Bonchev–Trinajstić information content (AvgIpc) is 2.79. The minimum Gasteiger partial charge on any atom is -0.482 e. The van der Waals surface area contributed by atoms with E-state index in [0.29, 0.717) is 17.1 Å². The number of nitrogen functional groups attached to an aromatic ring is 1. The highest BCUT2D eigenvalue weighted by Crippen LogP contribution is 2.22. The molecular formula is C12H12N4O4. The van der Waals surface area contributed by atoms with Gasteiger partial charge in [-0.15, -0.1) is 0 Å². The van der Waals surface area contributed by atoms with Crippen LogP contribution in [0.3, 0.4) is 0 Å². The Labute approximate surface area is 113 Å². The number of carboxylic acid groups (broad SMARTS) is 1. The number of ether oxygens (including phenoxy) is 1. The number of aromatic nitrogens is 2. The Morgan fingerprint density at radius 2 is 1.95 bits per heavy atom. The van der Waals surface area contributed by atoms with Gasteiger partial charge in [0, 0.05) is 5.56 Å². The van der Waals surface area contributed by atoms with Crippen LogP contribution in [0.2, 0.25) is 0 Å². The van der Waals surface area contributed by atoms with Crippen LogP contribution in [0.5, 0.6) is 5.75 Å². The van der Waals surface area contributed by atoms with Crippen LogP contribution in [0, 0.1) is 0 Å². The molecule has 8 heteroatoms. The van der Waals surface area contributed by atoms with Gasteiger partial charge >= 0.3 is 5.97 Å². The Balaban J connectivity index is 2.19. The molecule has 2 rings (SSSR count). The molecule has 0 saturated heterocycles. The number of carboxylic acids is 1. The van der Waals surface area contributed by atoms with Crippen LogP contribution in [0.25, 0.3) is 11.4 Å². The van der Waals surface area contributed by atoms with E-state index in [1.54, 1.807) is 24.3 Å². The van der Waals surface area contributed by atoms with Crippen molar-refractivity contribution in [2.24, 2.45) is 5.73 Å². The van der Waals surface area contributed by atoms with Gasteiger partial charge in [-0.25, -0.2) is 9.78 Å². The number of amides is 1. The molecule has 0 radical (unpaired) electrons. The van der Waals surface area contributed by atoms with Crippen molar-refractivity contribution in [2.45, 2.75) is 0 Å². The molecule has 6 N–H and O–H groups in total. The summed E-state index contributed by atoms with van der Waals surface area (Å²) in [6.07, 6.45) is 0. The van der Waals surface area contributed by atoms with Gasteiger partial charge in [0.25, 0.3) is 5.91 Å². The van der Waals surface area contributed by atoms with E-state index in [9.17, 15) is 9.59 Å². The van der Waals surface area contributed by atoms with Crippen molar-refractivity contribution < 1.29 is 19.4 Å². The van der Waals surface area contributed by atoms with Gasteiger partial charge in [0.15, 0.2) is 12.4 Å².